The summed E-state index contributed by atoms with van der Waals surface area (Å²) in [5.74, 6) is -0.438. The number of ether oxygens (including phenoxy) is 1. The van der Waals surface area contributed by atoms with Gasteiger partial charge in [-0.05, 0) is 43.5 Å². The van der Waals surface area contributed by atoms with Crippen LogP contribution in [0.4, 0.5) is 4.39 Å². The number of sulfonamides is 1. The third-order valence-corrected chi connectivity index (χ3v) is 5.23. The van der Waals surface area contributed by atoms with Crippen LogP contribution >= 0.6 is 0 Å². The molecule has 1 aromatic rings. The molecule has 1 aliphatic heterocycles. The van der Waals surface area contributed by atoms with Gasteiger partial charge in [0, 0.05) is 19.7 Å². The fourth-order valence-electron chi connectivity index (χ4n) is 2.30. The number of halogens is 1. The van der Waals surface area contributed by atoms with E-state index in [1.54, 1.807) is 0 Å². The van der Waals surface area contributed by atoms with Crippen molar-refractivity contribution in [1.82, 2.24) is 4.31 Å². The van der Waals surface area contributed by atoms with Gasteiger partial charge in [0.05, 0.1) is 11.0 Å². The zero-order valence-electron chi connectivity index (χ0n) is 11.6. The standard InChI is InChI=1S/C14H20FNO3S/c1-2-10-19-13-4-3-9-16(11-13)20(17,18)14-7-5-12(15)6-8-14/h5-8,13H,2-4,9-11H2,1H3. The van der Waals surface area contributed by atoms with Crippen molar-refractivity contribution in [3.63, 3.8) is 0 Å². The zero-order chi connectivity index (χ0) is 14.6. The van der Waals surface area contributed by atoms with Gasteiger partial charge in [0.1, 0.15) is 5.82 Å². The third kappa shape index (κ3) is 3.56. The van der Waals surface area contributed by atoms with Crippen LogP contribution in [0.5, 0.6) is 0 Å². The van der Waals surface area contributed by atoms with Crippen molar-refractivity contribution in [1.29, 1.82) is 0 Å². The molecular formula is C14H20FNO3S. The molecule has 1 unspecified atom stereocenters. The van der Waals surface area contributed by atoms with E-state index in [1.807, 2.05) is 6.92 Å². The molecule has 0 N–H and O–H groups in total. The summed E-state index contributed by atoms with van der Waals surface area (Å²) in [4.78, 5) is 0.134. The molecular weight excluding hydrogens is 281 g/mol. The van der Waals surface area contributed by atoms with E-state index in [2.05, 4.69) is 0 Å². The summed E-state index contributed by atoms with van der Waals surface area (Å²) >= 11 is 0. The molecule has 0 aromatic heterocycles. The van der Waals surface area contributed by atoms with Gasteiger partial charge in [-0.1, -0.05) is 6.92 Å². The molecule has 1 atom stereocenters. The summed E-state index contributed by atoms with van der Waals surface area (Å²) in [6, 6.07) is 4.95. The second-order valence-corrected chi connectivity index (χ2v) is 6.89. The molecule has 2 rings (SSSR count). The van der Waals surface area contributed by atoms with Crippen LogP contribution in [0, 0.1) is 5.82 Å². The average molecular weight is 301 g/mol. The Morgan fingerprint density at radius 1 is 1.35 bits per heavy atom. The largest absolute Gasteiger partial charge is 0.377 e. The zero-order valence-corrected chi connectivity index (χ0v) is 12.4. The van der Waals surface area contributed by atoms with Crippen molar-refractivity contribution < 1.29 is 17.5 Å². The topological polar surface area (TPSA) is 46.6 Å². The van der Waals surface area contributed by atoms with Crippen molar-refractivity contribution in [2.45, 2.75) is 37.2 Å². The predicted molar refractivity (Wildman–Crippen MR) is 74.4 cm³/mol. The summed E-state index contributed by atoms with van der Waals surface area (Å²) in [6.07, 6.45) is 2.55. The summed E-state index contributed by atoms with van der Waals surface area (Å²) < 4.78 is 44.9. The Balaban J connectivity index is 2.10. The van der Waals surface area contributed by atoms with Crippen molar-refractivity contribution >= 4 is 10.0 Å². The Hall–Kier alpha value is -0.980. The molecule has 0 spiro atoms. The minimum atomic E-state index is -3.55. The lowest BCUT2D eigenvalue weighted by Gasteiger charge is -2.31. The number of piperidine rings is 1. The van der Waals surface area contributed by atoms with Gasteiger partial charge < -0.3 is 4.74 Å². The minimum Gasteiger partial charge on any atom is -0.377 e. The fourth-order valence-corrected chi connectivity index (χ4v) is 3.81. The van der Waals surface area contributed by atoms with E-state index in [1.165, 1.54) is 28.6 Å². The summed E-state index contributed by atoms with van der Waals surface area (Å²) in [5, 5.41) is 0. The van der Waals surface area contributed by atoms with Crippen molar-refractivity contribution in [3.8, 4) is 0 Å². The molecule has 0 radical (unpaired) electrons. The number of benzene rings is 1. The van der Waals surface area contributed by atoms with Gasteiger partial charge in [0.25, 0.3) is 0 Å². The molecule has 0 amide bonds. The molecule has 112 valence electrons. The van der Waals surface area contributed by atoms with Crippen LogP contribution in [0.1, 0.15) is 26.2 Å². The fraction of sp³-hybridized carbons (Fsp3) is 0.571. The molecule has 0 aliphatic carbocycles. The quantitative estimate of drug-likeness (QED) is 0.839. The minimum absolute atomic E-state index is 0.0427. The van der Waals surface area contributed by atoms with Crippen LogP contribution in [0.25, 0.3) is 0 Å². The highest BCUT2D eigenvalue weighted by atomic mass is 32.2. The van der Waals surface area contributed by atoms with E-state index in [0.29, 0.717) is 19.7 Å². The van der Waals surface area contributed by atoms with Gasteiger partial charge in [-0.3, -0.25) is 0 Å². The molecule has 1 fully saturated rings. The Morgan fingerprint density at radius 3 is 2.70 bits per heavy atom. The van der Waals surface area contributed by atoms with E-state index < -0.39 is 15.8 Å². The van der Waals surface area contributed by atoms with Crippen molar-refractivity contribution in [3.05, 3.63) is 30.1 Å². The van der Waals surface area contributed by atoms with Crippen LogP contribution in [0.15, 0.2) is 29.2 Å². The third-order valence-electron chi connectivity index (χ3n) is 3.35. The van der Waals surface area contributed by atoms with Gasteiger partial charge in [0.15, 0.2) is 0 Å². The second-order valence-electron chi connectivity index (χ2n) is 4.95. The maximum atomic E-state index is 12.9. The molecule has 1 aromatic carbocycles. The van der Waals surface area contributed by atoms with Crippen LogP contribution in [-0.2, 0) is 14.8 Å². The first kappa shape index (κ1) is 15.4. The van der Waals surface area contributed by atoms with E-state index >= 15 is 0 Å². The van der Waals surface area contributed by atoms with Crippen LogP contribution in [-0.4, -0.2) is 38.5 Å². The lowest BCUT2D eigenvalue weighted by molar-refractivity contribution is 0.0193. The van der Waals surface area contributed by atoms with Gasteiger partial charge in [-0.2, -0.15) is 4.31 Å². The van der Waals surface area contributed by atoms with E-state index in [0.717, 1.165) is 19.3 Å². The molecule has 1 heterocycles. The summed E-state index contributed by atoms with van der Waals surface area (Å²) in [5.41, 5.74) is 0. The smallest absolute Gasteiger partial charge is 0.243 e. The van der Waals surface area contributed by atoms with Crippen molar-refractivity contribution in [2.75, 3.05) is 19.7 Å². The average Bonchev–Trinajstić information content (AvgIpc) is 2.46. The van der Waals surface area contributed by atoms with Crippen molar-refractivity contribution in [2.24, 2.45) is 0 Å². The predicted octanol–water partition coefficient (Wildman–Crippen LogP) is 2.41. The SMILES string of the molecule is CCCOC1CCCN(S(=O)(=O)c2ccc(F)cc2)C1. The lowest BCUT2D eigenvalue weighted by atomic mass is 10.1. The lowest BCUT2D eigenvalue weighted by Crippen LogP contribution is -2.43. The number of nitrogens with zero attached hydrogens (tertiary/aromatic N) is 1. The maximum Gasteiger partial charge on any atom is 0.243 e. The maximum absolute atomic E-state index is 12.9. The molecule has 1 aliphatic rings. The molecule has 4 nitrogen and oxygen atoms in total. The molecule has 0 bridgehead atoms. The number of hydrogen-bond donors (Lipinski definition) is 0. The summed E-state index contributed by atoms with van der Waals surface area (Å²) in [7, 11) is -3.55. The van der Waals surface area contributed by atoms with E-state index in [-0.39, 0.29) is 11.0 Å². The first-order chi connectivity index (χ1) is 9.54. The van der Waals surface area contributed by atoms with Gasteiger partial charge in [-0.25, -0.2) is 12.8 Å². The second kappa shape index (κ2) is 6.65. The molecule has 6 heteroatoms. The normalized spacial score (nSPS) is 21.0. The van der Waals surface area contributed by atoms with Gasteiger partial charge in [-0.15, -0.1) is 0 Å². The Morgan fingerprint density at radius 2 is 2.05 bits per heavy atom. The highest BCUT2D eigenvalue weighted by Gasteiger charge is 2.30. The van der Waals surface area contributed by atoms with E-state index in [9.17, 15) is 12.8 Å². The van der Waals surface area contributed by atoms with Gasteiger partial charge >= 0.3 is 0 Å². The highest BCUT2D eigenvalue weighted by molar-refractivity contribution is 7.89. The van der Waals surface area contributed by atoms with Crippen LogP contribution < -0.4 is 0 Å². The van der Waals surface area contributed by atoms with Crippen LogP contribution in [0.3, 0.4) is 0 Å². The van der Waals surface area contributed by atoms with E-state index in [4.69, 9.17) is 4.74 Å². The Kier molecular flexibility index (Phi) is 5.12. The Bertz CT molecular complexity index is 530. The van der Waals surface area contributed by atoms with Crippen LogP contribution in [0.2, 0.25) is 0 Å². The molecule has 0 saturated carbocycles. The molecule has 1 saturated heterocycles. The number of rotatable bonds is 5. The first-order valence-corrected chi connectivity index (χ1v) is 8.35. The molecule has 20 heavy (non-hydrogen) atoms. The first-order valence-electron chi connectivity index (χ1n) is 6.91. The Labute approximate surface area is 119 Å². The number of hydrogen-bond acceptors (Lipinski definition) is 3. The summed E-state index contributed by atoms with van der Waals surface area (Å²) in [6.45, 7) is 3.54. The van der Waals surface area contributed by atoms with Gasteiger partial charge in [0.2, 0.25) is 10.0 Å². The monoisotopic (exact) mass is 301 g/mol. The highest BCUT2D eigenvalue weighted by Crippen LogP contribution is 2.22.